The standard InChI is InChI=1S/C18H17BrFNO3/c19-14-6-12(16-8-13(9-21-16)18(22)23)7-15(20)17(14)24-10-11-4-2-1-3-5-11/h1-7,13,16,21H,8-10H2,(H,22,23). The van der Waals surface area contributed by atoms with Crippen LogP contribution in [0.1, 0.15) is 23.6 Å². The lowest BCUT2D eigenvalue weighted by Gasteiger charge is -2.15. The average molecular weight is 394 g/mol. The van der Waals surface area contributed by atoms with E-state index in [0.717, 1.165) is 11.1 Å². The minimum absolute atomic E-state index is 0.162. The topological polar surface area (TPSA) is 58.6 Å². The van der Waals surface area contributed by atoms with E-state index in [-0.39, 0.29) is 18.4 Å². The number of ether oxygens (including phenoxy) is 1. The molecule has 126 valence electrons. The molecule has 1 aliphatic heterocycles. The molecule has 2 aromatic rings. The Kier molecular flexibility index (Phi) is 5.16. The van der Waals surface area contributed by atoms with Crippen LogP contribution in [0.4, 0.5) is 4.39 Å². The maximum atomic E-state index is 14.4. The largest absolute Gasteiger partial charge is 0.485 e. The van der Waals surface area contributed by atoms with Crippen LogP contribution in [-0.2, 0) is 11.4 Å². The number of hydrogen-bond acceptors (Lipinski definition) is 3. The molecule has 0 saturated carbocycles. The average Bonchev–Trinajstić information content (AvgIpc) is 3.05. The molecule has 3 rings (SSSR count). The van der Waals surface area contributed by atoms with E-state index in [1.807, 2.05) is 30.3 Å². The second kappa shape index (κ2) is 7.32. The summed E-state index contributed by atoms with van der Waals surface area (Å²) in [5, 5.41) is 12.2. The highest BCUT2D eigenvalue weighted by Crippen LogP contribution is 2.35. The van der Waals surface area contributed by atoms with Crippen LogP contribution in [0, 0.1) is 11.7 Å². The third-order valence-electron chi connectivity index (χ3n) is 4.13. The predicted octanol–water partition coefficient (Wildman–Crippen LogP) is 3.90. The smallest absolute Gasteiger partial charge is 0.307 e. The van der Waals surface area contributed by atoms with Gasteiger partial charge >= 0.3 is 5.97 Å². The molecule has 0 spiro atoms. The van der Waals surface area contributed by atoms with Gasteiger partial charge in [0.25, 0.3) is 0 Å². The van der Waals surface area contributed by atoms with Crippen LogP contribution in [-0.4, -0.2) is 17.6 Å². The molecule has 0 aromatic heterocycles. The first-order valence-corrected chi connectivity index (χ1v) is 8.45. The third kappa shape index (κ3) is 3.76. The van der Waals surface area contributed by atoms with Gasteiger partial charge in [0, 0.05) is 12.6 Å². The van der Waals surface area contributed by atoms with Crippen LogP contribution in [0.15, 0.2) is 46.9 Å². The highest BCUT2D eigenvalue weighted by atomic mass is 79.9. The minimum atomic E-state index is -0.827. The third-order valence-corrected chi connectivity index (χ3v) is 4.72. The van der Waals surface area contributed by atoms with E-state index in [9.17, 15) is 9.18 Å². The first-order chi connectivity index (χ1) is 11.5. The van der Waals surface area contributed by atoms with Crippen molar-refractivity contribution >= 4 is 21.9 Å². The highest BCUT2D eigenvalue weighted by molar-refractivity contribution is 9.10. The van der Waals surface area contributed by atoms with Gasteiger partial charge in [-0.1, -0.05) is 30.3 Å². The predicted molar refractivity (Wildman–Crippen MR) is 91.4 cm³/mol. The van der Waals surface area contributed by atoms with Gasteiger partial charge in [-0.05, 0) is 45.6 Å². The molecular formula is C18H17BrFNO3. The molecule has 0 radical (unpaired) electrons. The second-order valence-corrected chi connectivity index (χ2v) is 6.67. The number of carboxylic acid groups (broad SMARTS) is 1. The minimum Gasteiger partial charge on any atom is -0.485 e. The molecule has 2 N–H and O–H groups in total. The first-order valence-electron chi connectivity index (χ1n) is 7.66. The number of carboxylic acids is 1. The van der Waals surface area contributed by atoms with E-state index in [0.29, 0.717) is 17.4 Å². The lowest BCUT2D eigenvalue weighted by molar-refractivity contribution is -0.141. The second-order valence-electron chi connectivity index (χ2n) is 5.82. The van der Waals surface area contributed by atoms with Gasteiger partial charge in [0.15, 0.2) is 11.6 Å². The van der Waals surface area contributed by atoms with Gasteiger partial charge in [0.05, 0.1) is 10.4 Å². The molecule has 0 aliphatic carbocycles. The molecule has 0 bridgehead atoms. The van der Waals surface area contributed by atoms with Crippen molar-refractivity contribution in [3.05, 3.63) is 63.9 Å². The molecule has 4 nitrogen and oxygen atoms in total. The summed E-state index contributed by atoms with van der Waals surface area (Å²) in [4.78, 5) is 11.0. The van der Waals surface area contributed by atoms with E-state index in [4.69, 9.17) is 9.84 Å². The molecule has 2 atom stereocenters. The maximum Gasteiger partial charge on any atom is 0.307 e. The Morgan fingerprint density at radius 2 is 2.08 bits per heavy atom. The first kappa shape index (κ1) is 16.9. The number of aliphatic carboxylic acids is 1. The van der Waals surface area contributed by atoms with E-state index in [1.54, 1.807) is 6.07 Å². The molecule has 1 fully saturated rings. The number of carbonyl (C=O) groups is 1. The van der Waals surface area contributed by atoms with Crippen molar-refractivity contribution in [3.63, 3.8) is 0 Å². The zero-order valence-corrected chi connectivity index (χ0v) is 14.4. The van der Waals surface area contributed by atoms with Crippen molar-refractivity contribution in [1.82, 2.24) is 5.32 Å². The van der Waals surface area contributed by atoms with Gasteiger partial charge in [-0.15, -0.1) is 0 Å². The normalized spacial score (nSPS) is 20.1. The van der Waals surface area contributed by atoms with E-state index in [2.05, 4.69) is 21.2 Å². The molecule has 24 heavy (non-hydrogen) atoms. The number of rotatable bonds is 5. The Morgan fingerprint density at radius 1 is 1.33 bits per heavy atom. The number of halogens is 2. The summed E-state index contributed by atoms with van der Waals surface area (Å²) in [5.74, 6) is -1.57. The molecule has 1 heterocycles. The van der Waals surface area contributed by atoms with Gasteiger partial charge in [-0.25, -0.2) is 4.39 Å². The molecule has 6 heteroatoms. The van der Waals surface area contributed by atoms with Gasteiger partial charge in [0.2, 0.25) is 0 Å². The van der Waals surface area contributed by atoms with Gasteiger partial charge in [-0.3, -0.25) is 4.79 Å². The van der Waals surface area contributed by atoms with Crippen LogP contribution in [0.5, 0.6) is 5.75 Å². The van der Waals surface area contributed by atoms with Crippen molar-refractivity contribution in [2.75, 3.05) is 6.54 Å². The maximum absolute atomic E-state index is 14.4. The summed E-state index contributed by atoms with van der Waals surface area (Å²) in [6.45, 7) is 0.671. The molecule has 2 aromatic carbocycles. The van der Waals surface area contributed by atoms with Crippen molar-refractivity contribution in [1.29, 1.82) is 0 Å². The van der Waals surface area contributed by atoms with Crippen LogP contribution in [0.25, 0.3) is 0 Å². The van der Waals surface area contributed by atoms with E-state index >= 15 is 0 Å². The fraction of sp³-hybridized carbons (Fsp3) is 0.278. The Labute approximate surface area is 147 Å². The van der Waals surface area contributed by atoms with Crippen LogP contribution in [0.2, 0.25) is 0 Å². The molecule has 2 unspecified atom stereocenters. The summed E-state index contributed by atoms with van der Waals surface area (Å²) in [7, 11) is 0. The summed E-state index contributed by atoms with van der Waals surface area (Å²) in [5.41, 5.74) is 1.67. The van der Waals surface area contributed by atoms with E-state index < -0.39 is 17.7 Å². The van der Waals surface area contributed by atoms with Crippen LogP contribution < -0.4 is 10.1 Å². The Hall–Kier alpha value is -1.92. The van der Waals surface area contributed by atoms with Crippen LogP contribution >= 0.6 is 15.9 Å². The van der Waals surface area contributed by atoms with Crippen molar-refractivity contribution in [3.8, 4) is 5.75 Å². The lowest BCUT2D eigenvalue weighted by atomic mass is 10.00. The van der Waals surface area contributed by atoms with Crippen molar-refractivity contribution in [2.45, 2.75) is 19.1 Å². The summed E-state index contributed by atoms with van der Waals surface area (Å²) < 4.78 is 20.5. The fourth-order valence-corrected chi connectivity index (χ4v) is 3.39. The van der Waals surface area contributed by atoms with E-state index in [1.165, 1.54) is 6.07 Å². The van der Waals surface area contributed by atoms with Crippen molar-refractivity contribution in [2.24, 2.45) is 5.92 Å². The van der Waals surface area contributed by atoms with Crippen molar-refractivity contribution < 1.29 is 19.0 Å². The number of hydrogen-bond donors (Lipinski definition) is 2. The lowest BCUT2D eigenvalue weighted by Crippen LogP contribution is -2.17. The zero-order chi connectivity index (χ0) is 17.1. The molecule has 1 aliphatic rings. The highest BCUT2D eigenvalue weighted by Gasteiger charge is 2.31. The quantitative estimate of drug-likeness (QED) is 0.808. The fourth-order valence-electron chi connectivity index (χ4n) is 2.83. The number of nitrogens with one attached hydrogen (secondary N) is 1. The molecule has 0 amide bonds. The van der Waals surface area contributed by atoms with Gasteiger partial charge in [-0.2, -0.15) is 0 Å². The van der Waals surface area contributed by atoms with Gasteiger partial charge in [0.1, 0.15) is 6.61 Å². The zero-order valence-electron chi connectivity index (χ0n) is 12.8. The monoisotopic (exact) mass is 393 g/mol. The Balaban J connectivity index is 1.73. The summed E-state index contributed by atoms with van der Waals surface area (Å²) in [6, 6.07) is 12.6. The SMILES string of the molecule is O=C(O)C1CNC(c2cc(F)c(OCc3ccccc3)c(Br)c2)C1. The molecular weight excluding hydrogens is 377 g/mol. The number of benzene rings is 2. The summed E-state index contributed by atoms with van der Waals surface area (Å²) >= 11 is 3.35. The molecule has 1 saturated heterocycles. The summed E-state index contributed by atoms with van der Waals surface area (Å²) in [6.07, 6.45) is 0.450. The Bertz CT molecular complexity index is 715. The van der Waals surface area contributed by atoms with Gasteiger partial charge < -0.3 is 15.2 Å². The van der Waals surface area contributed by atoms with Crippen LogP contribution in [0.3, 0.4) is 0 Å². The Morgan fingerprint density at radius 3 is 2.71 bits per heavy atom.